The lowest BCUT2D eigenvalue weighted by Gasteiger charge is -2.22. The van der Waals surface area contributed by atoms with Crippen LogP contribution in [-0.4, -0.2) is 32.1 Å². The van der Waals surface area contributed by atoms with Crippen molar-refractivity contribution in [3.05, 3.63) is 29.3 Å². The first kappa shape index (κ1) is 15.0. The van der Waals surface area contributed by atoms with Gasteiger partial charge in [-0.1, -0.05) is 39.8 Å². The minimum absolute atomic E-state index is 0.192. The third-order valence-corrected chi connectivity index (χ3v) is 3.45. The lowest BCUT2D eigenvalue weighted by Crippen LogP contribution is -2.21. The molecule has 0 heterocycles. The van der Waals surface area contributed by atoms with Crippen LogP contribution in [0.25, 0.3) is 0 Å². The van der Waals surface area contributed by atoms with E-state index in [1.807, 2.05) is 0 Å². The molecule has 0 N–H and O–H groups in total. The Morgan fingerprint density at radius 1 is 1.22 bits per heavy atom. The fourth-order valence-electron chi connectivity index (χ4n) is 1.91. The molecule has 0 radical (unpaired) electrons. The molecule has 102 valence electrons. The SMILES string of the molecule is CCN(C)CCc1cc(C(C)(C)C)ccc1OC. The number of hydrogen-bond acceptors (Lipinski definition) is 2. The second-order valence-corrected chi connectivity index (χ2v) is 5.92. The Hall–Kier alpha value is -1.02. The van der Waals surface area contributed by atoms with Crippen LogP contribution in [0.4, 0.5) is 0 Å². The van der Waals surface area contributed by atoms with E-state index in [1.165, 1.54) is 11.1 Å². The van der Waals surface area contributed by atoms with Crippen molar-refractivity contribution in [3.63, 3.8) is 0 Å². The molecule has 0 aliphatic carbocycles. The highest BCUT2D eigenvalue weighted by Gasteiger charge is 2.15. The van der Waals surface area contributed by atoms with E-state index in [-0.39, 0.29) is 5.41 Å². The Labute approximate surface area is 112 Å². The molecule has 0 saturated heterocycles. The first-order valence-corrected chi connectivity index (χ1v) is 6.74. The van der Waals surface area contributed by atoms with Gasteiger partial charge in [-0.3, -0.25) is 0 Å². The van der Waals surface area contributed by atoms with Crippen LogP contribution in [-0.2, 0) is 11.8 Å². The highest BCUT2D eigenvalue weighted by Crippen LogP contribution is 2.28. The van der Waals surface area contributed by atoms with Crippen LogP contribution in [0.15, 0.2) is 18.2 Å². The summed E-state index contributed by atoms with van der Waals surface area (Å²) in [5.41, 5.74) is 2.88. The van der Waals surface area contributed by atoms with Crippen molar-refractivity contribution in [2.45, 2.75) is 39.5 Å². The summed E-state index contributed by atoms with van der Waals surface area (Å²) in [5.74, 6) is 1.01. The maximum Gasteiger partial charge on any atom is 0.122 e. The quantitative estimate of drug-likeness (QED) is 0.792. The van der Waals surface area contributed by atoms with Gasteiger partial charge in [-0.2, -0.15) is 0 Å². The molecule has 0 spiro atoms. The molecule has 18 heavy (non-hydrogen) atoms. The number of nitrogens with zero attached hydrogens (tertiary/aromatic N) is 1. The van der Waals surface area contributed by atoms with E-state index in [9.17, 15) is 0 Å². The lowest BCUT2D eigenvalue weighted by molar-refractivity contribution is 0.352. The highest BCUT2D eigenvalue weighted by atomic mass is 16.5. The van der Waals surface area contributed by atoms with Crippen LogP contribution in [0.3, 0.4) is 0 Å². The van der Waals surface area contributed by atoms with Crippen molar-refractivity contribution in [1.82, 2.24) is 4.90 Å². The molecule has 1 aromatic rings. The summed E-state index contributed by atoms with van der Waals surface area (Å²) in [6, 6.07) is 6.57. The summed E-state index contributed by atoms with van der Waals surface area (Å²) in [6.45, 7) is 11.1. The molecule has 0 fully saturated rings. The third-order valence-electron chi connectivity index (χ3n) is 3.45. The Kier molecular flexibility index (Phi) is 5.21. The van der Waals surface area contributed by atoms with Crippen molar-refractivity contribution in [2.75, 3.05) is 27.2 Å². The first-order chi connectivity index (χ1) is 8.38. The molecule has 0 atom stereocenters. The maximum absolute atomic E-state index is 5.46. The second kappa shape index (κ2) is 6.24. The van der Waals surface area contributed by atoms with Gasteiger partial charge in [0, 0.05) is 6.54 Å². The van der Waals surface area contributed by atoms with Gasteiger partial charge in [0.15, 0.2) is 0 Å². The Balaban J connectivity index is 2.92. The van der Waals surface area contributed by atoms with Gasteiger partial charge in [-0.15, -0.1) is 0 Å². The molecule has 2 heteroatoms. The average molecular weight is 249 g/mol. The van der Waals surface area contributed by atoms with Crippen LogP contribution < -0.4 is 4.74 Å². The summed E-state index contributed by atoms with van der Waals surface area (Å²) >= 11 is 0. The van der Waals surface area contributed by atoms with E-state index in [1.54, 1.807) is 7.11 Å². The van der Waals surface area contributed by atoms with E-state index in [0.29, 0.717) is 0 Å². The molecule has 0 saturated carbocycles. The Morgan fingerprint density at radius 3 is 2.39 bits per heavy atom. The normalized spacial score (nSPS) is 11.9. The van der Waals surface area contributed by atoms with E-state index < -0.39 is 0 Å². The fourth-order valence-corrected chi connectivity index (χ4v) is 1.91. The molecule has 0 aliphatic heterocycles. The standard InChI is InChI=1S/C16H27NO/c1-7-17(5)11-10-13-12-14(16(2,3)4)8-9-15(13)18-6/h8-9,12H,7,10-11H2,1-6H3. The molecular weight excluding hydrogens is 222 g/mol. The van der Waals surface area contributed by atoms with Gasteiger partial charge < -0.3 is 9.64 Å². The number of methoxy groups -OCH3 is 1. The summed E-state index contributed by atoms with van der Waals surface area (Å²) < 4.78 is 5.46. The number of hydrogen-bond donors (Lipinski definition) is 0. The summed E-state index contributed by atoms with van der Waals surface area (Å²) in [5, 5.41) is 0. The zero-order valence-corrected chi connectivity index (χ0v) is 12.7. The lowest BCUT2D eigenvalue weighted by atomic mass is 9.85. The van der Waals surface area contributed by atoms with E-state index in [4.69, 9.17) is 4.74 Å². The smallest absolute Gasteiger partial charge is 0.122 e. The zero-order chi connectivity index (χ0) is 13.8. The highest BCUT2D eigenvalue weighted by molar-refractivity contribution is 5.39. The van der Waals surface area contributed by atoms with Crippen molar-refractivity contribution in [2.24, 2.45) is 0 Å². The molecule has 0 amide bonds. The van der Waals surface area contributed by atoms with Crippen molar-refractivity contribution >= 4 is 0 Å². The van der Waals surface area contributed by atoms with Crippen LogP contribution in [0.1, 0.15) is 38.8 Å². The van der Waals surface area contributed by atoms with Gasteiger partial charge in [-0.25, -0.2) is 0 Å². The zero-order valence-electron chi connectivity index (χ0n) is 12.7. The molecule has 1 aromatic carbocycles. The fraction of sp³-hybridized carbons (Fsp3) is 0.625. The number of rotatable bonds is 5. The van der Waals surface area contributed by atoms with Gasteiger partial charge in [0.2, 0.25) is 0 Å². The molecule has 0 aromatic heterocycles. The minimum atomic E-state index is 0.192. The minimum Gasteiger partial charge on any atom is -0.496 e. The van der Waals surface area contributed by atoms with Crippen LogP contribution in [0.2, 0.25) is 0 Å². The number of benzene rings is 1. The largest absolute Gasteiger partial charge is 0.496 e. The maximum atomic E-state index is 5.46. The average Bonchev–Trinajstić information content (AvgIpc) is 2.34. The van der Waals surface area contributed by atoms with E-state index in [2.05, 4.69) is 57.8 Å². The van der Waals surface area contributed by atoms with Gasteiger partial charge in [0.05, 0.1) is 7.11 Å². The number of likely N-dealkylation sites (N-methyl/N-ethyl adjacent to an activating group) is 1. The van der Waals surface area contributed by atoms with Crippen LogP contribution in [0.5, 0.6) is 5.75 Å². The van der Waals surface area contributed by atoms with Crippen LogP contribution >= 0.6 is 0 Å². The van der Waals surface area contributed by atoms with Gasteiger partial charge in [-0.05, 0) is 42.6 Å². The second-order valence-electron chi connectivity index (χ2n) is 5.92. The van der Waals surface area contributed by atoms with Gasteiger partial charge in [0.25, 0.3) is 0 Å². The molecule has 2 nitrogen and oxygen atoms in total. The Morgan fingerprint density at radius 2 is 1.89 bits per heavy atom. The number of ether oxygens (including phenoxy) is 1. The van der Waals surface area contributed by atoms with E-state index >= 15 is 0 Å². The monoisotopic (exact) mass is 249 g/mol. The predicted octanol–water partition coefficient (Wildman–Crippen LogP) is 3.49. The predicted molar refractivity (Wildman–Crippen MR) is 78.6 cm³/mol. The molecular formula is C16H27NO. The third kappa shape index (κ3) is 4.02. The van der Waals surface area contributed by atoms with Gasteiger partial charge >= 0.3 is 0 Å². The van der Waals surface area contributed by atoms with Crippen LogP contribution in [0, 0.1) is 0 Å². The topological polar surface area (TPSA) is 12.5 Å². The molecule has 0 aliphatic rings. The first-order valence-electron chi connectivity index (χ1n) is 6.74. The summed E-state index contributed by atoms with van der Waals surface area (Å²) in [6.07, 6.45) is 1.04. The van der Waals surface area contributed by atoms with Crippen molar-refractivity contribution in [3.8, 4) is 5.75 Å². The van der Waals surface area contributed by atoms with Crippen molar-refractivity contribution in [1.29, 1.82) is 0 Å². The molecule has 1 rings (SSSR count). The van der Waals surface area contributed by atoms with Gasteiger partial charge in [0.1, 0.15) is 5.75 Å². The summed E-state index contributed by atoms with van der Waals surface area (Å²) in [4.78, 5) is 2.32. The Bertz CT molecular complexity index is 379. The molecule has 0 unspecified atom stereocenters. The van der Waals surface area contributed by atoms with Crippen molar-refractivity contribution < 1.29 is 4.74 Å². The molecule has 0 bridgehead atoms. The summed E-state index contributed by atoms with van der Waals surface area (Å²) in [7, 11) is 3.90. The van der Waals surface area contributed by atoms with E-state index in [0.717, 1.165) is 25.3 Å².